The molecule has 3 aromatic heterocycles. The number of ether oxygens (including phenoxy) is 1. The molecule has 3 N–H and O–H groups in total. The minimum Gasteiger partial charge on any atom is -0.477 e. The number of rotatable bonds is 7. The van der Waals surface area contributed by atoms with E-state index < -0.39 is 0 Å². The van der Waals surface area contributed by atoms with Crippen molar-refractivity contribution >= 4 is 28.5 Å². The Hall–Kier alpha value is -3.37. The van der Waals surface area contributed by atoms with Crippen molar-refractivity contribution in [1.29, 1.82) is 0 Å². The van der Waals surface area contributed by atoms with Crippen molar-refractivity contribution in [3.63, 3.8) is 0 Å². The van der Waals surface area contributed by atoms with E-state index in [1.807, 2.05) is 45.4 Å². The van der Waals surface area contributed by atoms with Gasteiger partial charge in [-0.05, 0) is 23.6 Å². The van der Waals surface area contributed by atoms with Gasteiger partial charge in [0.2, 0.25) is 11.8 Å². The van der Waals surface area contributed by atoms with Gasteiger partial charge in [-0.25, -0.2) is 10.4 Å². The molecule has 0 bridgehead atoms. The van der Waals surface area contributed by atoms with Crippen molar-refractivity contribution in [3.8, 4) is 5.88 Å². The molecule has 0 atom stereocenters. The van der Waals surface area contributed by atoms with Gasteiger partial charge >= 0.3 is 0 Å². The minimum absolute atomic E-state index is 0.00958. The average Bonchev–Trinajstić information content (AvgIpc) is 3.50. The second-order valence-electron chi connectivity index (χ2n) is 10.3. The molecule has 2 aliphatic heterocycles. The highest BCUT2D eigenvalue weighted by Crippen LogP contribution is 2.29. The fourth-order valence-electron chi connectivity index (χ4n) is 4.22. The third kappa shape index (κ3) is 6.69. The van der Waals surface area contributed by atoms with Gasteiger partial charge in [0.05, 0.1) is 18.5 Å². The predicted molar refractivity (Wildman–Crippen MR) is 150 cm³/mol. The molecule has 0 amide bonds. The number of aromatic nitrogens is 4. The molecule has 5 heterocycles. The van der Waals surface area contributed by atoms with Crippen LogP contribution in [0.25, 0.3) is 11.0 Å². The molecular weight excluding hydrogens is 466 g/mol. The van der Waals surface area contributed by atoms with Crippen LogP contribution in [0.4, 0.5) is 17.5 Å². The van der Waals surface area contributed by atoms with E-state index in [0.29, 0.717) is 30.8 Å². The number of piperazine rings is 1. The number of allylic oxidation sites excluding steroid dienone is 1. The third-order valence-electron chi connectivity index (χ3n) is 6.12. The first-order valence-electron chi connectivity index (χ1n) is 13.2. The Morgan fingerprint density at radius 2 is 1.89 bits per heavy atom. The standard InChI is InChI=1S/C25H35N9O.C2H6/c1-25(2,3)17-35-23-20-7-12-34(16-19-6-9-28-32(19)4)22(20)30-24(31-23)29-21-15-18(5-8-27-21)33-13-10-26-11-14-33;1-2/h5-8,12,15,26,28H,9-11,13-14,16-17H2,1-4H3,(H,27,29,30,31);1-2H3. The fourth-order valence-corrected chi connectivity index (χ4v) is 4.22. The maximum absolute atomic E-state index is 6.21. The Morgan fingerprint density at radius 1 is 1.11 bits per heavy atom. The molecule has 0 aliphatic carbocycles. The topological polar surface area (TPSA) is 95.4 Å². The van der Waals surface area contributed by atoms with Crippen molar-refractivity contribution in [2.45, 2.75) is 41.2 Å². The Balaban J connectivity index is 0.00000156. The van der Waals surface area contributed by atoms with Crippen LogP contribution in [0.1, 0.15) is 34.6 Å². The highest BCUT2D eigenvalue weighted by Gasteiger charge is 2.19. The van der Waals surface area contributed by atoms with Crippen LogP contribution in [-0.2, 0) is 6.54 Å². The number of fused-ring (bicyclic) bond motifs is 1. The van der Waals surface area contributed by atoms with Crippen LogP contribution in [0.2, 0.25) is 0 Å². The number of likely N-dealkylation sites (N-methyl/N-ethyl adjacent to an activating group) is 1. The molecule has 0 spiro atoms. The van der Waals surface area contributed by atoms with Crippen LogP contribution >= 0.6 is 0 Å². The molecule has 200 valence electrons. The number of hydrazine groups is 1. The Bertz CT molecular complexity index is 1210. The molecule has 10 heteroatoms. The lowest BCUT2D eigenvalue weighted by atomic mass is 9.99. The Kier molecular flexibility index (Phi) is 8.50. The smallest absolute Gasteiger partial charge is 0.233 e. The lowest BCUT2D eigenvalue weighted by Gasteiger charge is -2.29. The summed E-state index contributed by atoms with van der Waals surface area (Å²) in [7, 11) is 2.03. The van der Waals surface area contributed by atoms with Crippen molar-refractivity contribution < 1.29 is 4.74 Å². The van der Waals surface area contributed by atoms with Crippen molar-refractivity contribution in [3.05, 3.63) is 42.4 Å². The number of pyridine rings is 1. The molecule has 5 rings (SSSR count). The number of anilines is 3. The molecule has 10 nitrogen and oxygen atoms in total. The van der Waals surface area contributed by atoms with E-state index in [2.05, 4.69) is 68.4 Å². The van der Waals surface area contributed by atoms with Gasteiger partial charge in [0.25, 0.3) is 0 Å². The summed E-state index contributed by atoms with van der Waals surface area (Å²) in [5, 5.41) is 9.67. The molecular formula is C27H41N9O. The molecule has 0 aromatic carbocycles. The molecule has 37 heavy (non-hydrogen) atoms. The van der Waals surface area contributed by atoms with Crippen molar-refractivity contribution in [1.82, 2.24) is 35.3 Å². The van der Waals surface area contributed by atoms with Crippen molar-refractivity contribution in [2.24, 2.45) is 5.41 Å². The fraction of sp³-hybridized carbons (Fsp3) is 0.519. The number of nitrogens with zero attached hydrogens (tertiary/aromatic N) is 6. The monoisotopic (exact) mass is 507 g/mol. The Morgan fingerprint density at radius 3 is 2.59 bits per heavy atom. The number of hydrogen-bond donors (Lipinski definition) is 3. The Labute approximate surface area is 220 Å². The number of nitrogens with one attached hydrogen (secondary N) is 3. The van der Waals surface area contributed by atoms with Crippen LogP contribution in [0.3, 0.4) is 0 Å². The van der Waals surface area contributed by atoms with Gasteiger partial charge in [-0.1, -0.05) is 34.6 Å². The normalized spacial score (nSPS) is 15.9. The second-order valence-corrected chi connectivity index (χ2v) is 10.3. The van der Waals surface area contributed by atoms with Gasteiger partial charge in [0.1, 0.15) is 11.5 Å². The lowest BCUT2D eigenvalue weighted by molar-refractivity contribution is 0.194. The van der Waals surface area contributed by atoms with Crippen molar-refractivity contribution in [2.75, 3.05) is 56.6 Å². The van der Waals surface area contributed by atoms with E-state index in [1.165, 1.54) is 5.70 Å². The largest absolute Gasteiger partial charge is 0.477 e. The average molecular weight is 508 g/mol. The molecule has 3 aromatic rings. The van der Waals surface area contributed by atoms with Gasteiger partial charge in [-0.2, -0.15) is 9.97 Å². The quantitative estimate of drug-likeness (QED) is 0.442. The van der Waals surface area contributed by atoms with Crippen LogP contribution in [0.5, 0.6) is 5.88 Å². The second kappa shape index (κ2) is 11.8. The maximum Gasteiger partial charge on any atom is 0.233 e. The molecule has 1 fully saturated rings. The van der Waals surface area contributed by atoms with Gasteiger partial charge in [0.15, 0.2) is 0 Å². The lowest BCUT2D eigenvalue weighted by Crippen LogP contribution is -2.43. The van der Waals surface area contributed by atoms with Crippen LogP contribution in [0, 0.1) is 5.41 Å². The first-order chi connectivity index (χ1) is 17.9. The van der Waals surface area contributed by atoms with E-state index in [1.54, 1.807) is 0 Å². The first-order valence-corrected chi connectivity index (χ1v) is 13.2. The van der Waals surface area contributed by atoms with Crippen LogP contribution in [-0.4, -0.2) is 70.9 Å². The summed E-state index contributed by atoms with van der Waals surface area (Å²) in [6, 6.07) is 6.13. The van der Waals surface area contributed by atoms with Gasteiger partial charge in [-0.3, -0.25) is 0 Å². The summed E-state index contributed by atoms with van der Waals surface area (Å²) in [5.41, 5.74) is 6.46. The van der Waals surface area contributed by atoms with E-state index in [0.717, 1.165) is 49.4 Å². The summed E-state index contributed by atoms with van der Waals surface area (Å²) in [6.45, 7) is 16.5. The SMILES string of the molecule is CC.CN1NCC=C1Cn1ccc2c(OCC(C)(C)C)nc(Nc3cc(N4CCNCC4)ccn3)nc21. The molecule has 0 unspecified atom stereocenters. The molecule has 0 saturated carbocycles. The highest BCUT2D eigenvalue weighted by atomic mass is 16.5. The zero-order valence-corrected chi connectivity index (χ0v) is 23.0. The maximum atomic E-state index is 6.21. The summed E-state index contributed by atoms with van der Waals surface area (Å²) in [5.74, 6) is 1.76. The molecule has 1 saturated heterocycles. The molecule has 0 radical (unpaired) electrons. The van der Waals surface area contributed by atoms with E-state index in [4.69, 9.17) is 14.7 Å². The van der Waals surface area contributed by atoms with Crippen LogP contribution in [0.15, 0.2) is 42.4 Å². The van der Waals surface area contributed by atoms with E-state index in [9.17, 15) is 0 Å². The van der Waals surface area contributed by atoms with E-state index in [-0.39, 0.29) is 5.41 Å². The predicted octanol–water partition coefficient (Wildman–Crippen LogP) is 3.76. The van der Waals surface area contributed by atoms with Gasteiger partial charge < -0.3 is 29.8 Å². The van der Waals surface area contributed by atoms with Gasteiger partial charge in [0, 0.05) is 69.6 Å². The van der Waals surface area contributed by atoms with Gasteiger partial charge in [-0.15, -0.1) is 0 Å². The van der Waals surface area contributed by atoms with Crippen LogP contribution < -0.4 is 25.7 Å². The zero-order valence-electron chi connectivity index (χ0n) is 23.0. The zero-order chi connectivity index (χ0) is 26.4. The highest BCUT2D eigenvalue weighted by molar-refractivity contribution is 5.83. The summed E-state index contributed by atoms with van der Waals surface area (Å²) in [6.07, 6.45) is 6.06. The van der Waals surface area contributed by atoms with E-state index >= 15 is 0 Å². The first kappa shape index (κ1) is 26.7. The summed E-state index contributed by atoms with van der Waals surface area (Å²) in [4.78, 5) is 16.5. The summed E-state index contributed by atoms with van der Waals surface area (Å²) < 4.78 is 8.34. The minimum atomic E-state index is 0.00958. The third-order valence-corrected chi connectivity index (χ3v) is 6.12. The number of hydrogen-bond acceptors (Lipinski definition) is 9. The molecule has 2 aliphatic rings. The summed E-state index contributed by atoms with van der Waals surface area (Å²) >= 11 is 0.